The number of carbonyl (C=O) groups excluding carboxylic acids is 1. The van der Waals surface area contributed by atoms with Crippen molar-refractivity contribution in [3.8, 4) is 0 Å². The van der Waals surface area contributed by atoms with Crippen molar-refractivity contribution < 1.29 is 21.6 Å². The lowest BCUT2D eigenvalue weighted by Crippen LogP contribution is -2.29. The van der Waals surface area contributed by atoms with Crippen LogP contribution >= 0.6 is 0 Å². The van der Waals surface area contributed by atoms with E-state index in [0.29, 0.717) is 22.6 Å². The lowest BCUT2D eigenvalue weighted by atomic mass is 10.1. The Hall–Kier alpha value is -4.22. The Balaban J connectivity index is 1.44. The van der Waals surface area contributed by atoms with Crippen LogP contribution in [0.1, 0.15) is 15.9 Å². The van der Waals surface area contributed by atoms with Crippen molar-refractivity contribution in [1.29, 1.82) is 0 Å². The van der Waals surface area contributed by atoms with Gasteiger partial charge >= 0.3 is 0 Å². The molecule has 0 aliphatic heterocycles. The van der Waals surface area contributed by atoms with Gasteiger partial charge in [-0.05, 0) is 66.2 Å². The van der Waals surface area contributed by atoms with Gasteiger partial charge in [0.05, 0.1) is 35.3 Å². The standard InChI is InChI=1S/C26H24N4O5S2/c1-36(32,33)30(19-20-6-3-2-4-7-20)24-13-9-21(10-14-24)26(31)28-22-11-15-25(16-12-22)37(34,35)29-23-8-5-17-27-18-23/h2-18,29H,19H2,1H3,(H,28,31). The Morgan fingerprint density at radius 2 is 1.49 bits per heavy atom. The van der Waals surface area contributed by atoms with Gasteiger partial charge in [0, 0.05) is 17.4 Å². The Morgan fingerprint density at radius 3 is 2.08 bits per heavy atom. The minimum absolute atomic E-state index is 0.0259. The average molecular weight is 537 g/mol. The van der Waals surface area contributed by atoms with Gasteiger partial charge < -0.3 is 5.32 Å². The van der Waals surface area contributed by atoms with Crippen molar-refractivity contribution in [3.63, 3.8) is 0 Å². The summed E-state index contributed by atoms with van der Waals surface area (Å²) in [5.41, 5.74) is 2.30. The van der Waals surface area contributed by atoms with Crippen molar-refractivity contribution in [2.24, 2.45) is 0 Å². The maximum Gasteiger partial charge on any atom is 0.261 e. The minimum Gasteiger partial charge on any atom is -0.322 e. The first-order valence-electron chi connectivity index (χ1n) is 11.1. The highest BCUT2D eigenvalue weighted by molar-refractivity contribution is 7.92. The number of hydrogen-bond donors (Lipinski definition) is 2. The van der Waals surface area contributed by atoms with E-state index in [4.69, 9.17) is 0 Å². The van der Waals surface area contributed by atoms with Gasteiger partial charge in [-0.25, -0.2) is 16.8 Å². The summed E-state index contributed by atoms with van der Waals surface area (Å²) in [6, 6.07) is 24.3. The van der Waals surface area contributed by atoms with E-state index in [9.17, 15) is 21.6 Å². The zero-order valence-electron chi connectivity index (χ0n) is 19.8. The molecule has 0 aliphatic rings. The number of nitrogens with zero attached hydrogens (tertiary/aromatic N) is 2. The van der Waals surface area contributed by atoms with Crippen LogP contribution in [0.15, 0.2) is 108 Å². The number of hydrogen-bond acceptors (Lipinski definition) is 6. The van der Waals surface area contributed by atoms with E-state index in [1.54, 1.807) is 24.3 Å². The summed E-state index contributed by atoms with van der Waals surface area (Å²) < 4.78 is 53.6. The number of aromatic nitrogens is 1. The molecular formula is C26H24N4O5S2. The molecular weight excluding hydrogens is 512 g/mol. The second-order valence-electron chi connectivity index (χ2n) is 8.13. The smallest absolute Gasteiger partial charge is 0.261 e. The predicted molar refractivity (Wildman–Crippen MR) is 143 cm³/mol. The summed E-state index contributed by atoms with van der Waals surface area (Å²) in [4.78, 5) is 16.6. The number of amides is 1. The fraction of sp³-hybridized carbons (Fsp3) is 0.0769. The van der Waals surface area contributed by atoms with Crippen molar-refractivity contribution in [1.82, 2.24) is 4.98 Å². The van der Waals surface area contributed by atoms with E-state index >= 15 is 0 Å². The zero-order valence-corrected chi connectivity index (χ0v) is 21.4. The van der Waals surface area contributed by atoms with E-state index in [2.05, 4.69) is 15.0 Å². The molecule has 0 unspecified atom stereocenters. The average Bonchev–Trinajstić information content (AvgIpc) is 2.88. The summed E-state index contributed by atoms with van der Waals surface area (Å²) in [7, 11) is -7.37. The van der Waals surface area contributed by atoms with E-state index in [-0.39, 0.29) is 11.4 Å². The molecule has 3 aromatic carbocycles. The molecule has 0 atom stereocenters. The van der Waals surface area contributed by atoms with Gasteiger partial charge in [-0.2, -0.15) is 0 Å². The fourth-order valence-electron chi connectivity index (χ4n) is 3.49. The van der Waals surface area contributed by atoms with Crippen molar-refractivity contribution in [2.75, 3.05) is 20.6 Å². The first-order valence-corrected chi connectivity index (χ1v) is 14.4. The molecule has 0 fully saturated rings. The van der Waals surface area contributed by atoms with Gasteiger partial charge in [0.25, 0.3) is 15.9 Å². The number of benzene rings is 3. The Labute approximate surface area is 215 Å². The lowest BCUT2D eigenvalue weighted by Gasteiger charge is -2.22. The summed E-state index contributed by atoms with van der Waals surface area (Å²) in [5.74, 6) is -0.426. The molecule has 1 aromatic heterocycles. The third kappa shape index (κ3) is 6.72. The third-order valence-corrected chi connectivity index (χ3v) is 7.86. The normalized spacial score (nSPS) is 11.5. The van der Waals surface area contributed by atoms with Crippen LogP contribution in [0.25, 0.3) is 0 Å². The quantitative estimate of drug-likeness (QED) is 0.332. The molecule has 1 amide bonds. The molecule has 0 saturated carbocycles. The molecule has 190 valence electrons. The van der Waals surface area contributed by atoms with Crippen LogP contribution in [0.5, 0.6) is 0 Å². The van der Waals surface area contributed by atoms with Crippen molar-refractivity contribution in [3.05, 3.63) is 115 Å². The topological polar surface area (TPSA) is 126 Å². The number of pyridine rings is 1. The largest absolute Gasteiger partial charge is 0.322 e. The monoisotopic (exact) mass is 536 g/mol. The maximum absolute atomic E-state index is 12.7. The van der Waals surface area contributed by atoms with Crippen LogP contribution in [0, 0.1) is 0 Å². The molecule has 0 aliphatic carbocycles. The Kier molecular flexibility index (Phi) is 7.55. The molecule has 2 N–H and O–H groups in total. The van der Waals surface area contributed by atoms with Crippen LogP contribution in [0.3, 0.4) is 0 Å². The molecule has 0 radical (unpaired) electrons. The van der Waals surface area contributed by atoms with Crippen LogP contribution in [-0.4, -0.2) is 34.0 Å². The summed E-state index contributed by atoms with van der Waals surface area (Å²) in [6.45, 7) is 0.163. The van der Waals surface area contributed by atoms with Crippen molar-refractivity contribution in [2.45, 2.75) is 11.4 Å². The van der Waals surface area contributed by atoms with Gasteiger partial charge in [0.2, 0.25) is 10.0 Å². The van der Waals surface area contributed by atoms with Gasteiger partial charge in [-0.3, -0.25) is 18.8 Å². The molecule has 4 aromatic rings. The van der Waals surface area contributed by atoms with Gasteiger partial charge in [-0.15, -0.1) is 0 Å². The van der Waals surface area contributed by atoms with E-state index in [0.717, 1.165) is 11.8 Å². The molecule has 4 rings (SSSR count). The predicted octanol–water partition coefficient (Wildman–Crippen LogP) is 4.10. The SMILES string of the molecule is CS(=O)(=O)N(Cc1ccccc1)c1ccc(C(=O)Nc2ccc(S(=O)(=O)Nc3cccnc3)cc2)cc1. The van der Waals surface area contributed by atoms with Crippen LogP contribution < -0.4 is 14.3 Å². The molecule has 0 spiro atoms. The van der Waals surface area contributed by atoms with E-state index < -0.39 is 26.0 Å². The summed E-state index contributed by atoms with van der Waals surface area (Å²) >= 11 is 0. The highest BCUT2D eigenvalue weighted by Gasteiger charge is 2.19. The number of sulfonamides is 2. The number of anilines is 3. The van der Waals surface area contributed by atoms with Crippen LogP contribution in [-0.2, 0) is 26.6 Å². The third-order valence-electron chi connectivity index (χ3n) is 5.32. The minimum atomic E-state index is -3.81. The van der Waals surface area contributed by atoms with E-state index in [1.165, 1.54) is 53.1 Å². The summed E-state index contributed by atoms with van der Waals surface area (Å²) in [5, 5.41) is 2.71. The highest BCUT2D eigenvalue weighted by Crippen LogP contribution is 2.22. The number of carbonyl (C=O) groups is 1. The molecule has 1 heterocycles. The van der Waals surface area contributed by atoms with Crippen molar-refractivity contribution >= 4 is 43.0 Å². The van der Waals surface area contributed by atoms with Gasteiger partial charge in [0.15, 0.2) is 0 Å². The molecule has 9 nitrogen and oxygen atoms in total. The van der Waals surface area contributed by atoms with Gasteiger partial charge in [0.1, 0.15) is 0 Å². The highest BCUT2D eigenvalue weighted by atomic mass is 32.2. The Morgan fingerprint density at radius 1 is 0.811 bits per heavy atom. The van der Waals surface area contributed by atoms with Crippen LogP contribution in [0.2, 0.25) is 0 Å². The fourth-order valence-corrected chi connectivity index (χ4v) is 5.42. The van der Waals surface area contributed by atoms with Crippen LogP contribution in [0.4, 0.5) is 17.1 Å². The first-order chi connectivity index (χ1) is 17.6. The zero-order chi connectivity index (χ0) is 26.5. The van der Waals surface area contributed by atoms with E-state index in [1.807, 2.05) is 30.3 Å². The second-order valence-corrected chi connectivity index (χ2v) is 11.7. The summed E-state index contributed by atoms with van der Waals surface area (Å²) in [6.07, 6.45) is 4.07. The van der Waals surface area contributed by atoms with Gasteiger partial charge in [-0.1, -0.05) is 30.3 Å². The number of rotatable bonds is 9. The number of nitrogens with one attached hydrogen (secondary N) is 2. The maximum atomic E-state index is 12.7. The molecule has 0 saturated heterocycles. The molecule has 37 heavy (non-hydrogen) atoms. The lowest BCUT2D eigenvalue weighted by molar-refractivity contribution is 0.102. The molecule has 0 bridgehead atoms. The second kappa shape index (κ2) is 10.8. The first kappa shape index (κ1) is 25.9. The Bertz CT molecular complexity index is 1580. The molecule has 11 heteroatoms.